The number of carbonyl (C=O) groups is 1. The monoisotopic (exact) mass is 398 g/mol. The fourth-order valence-electron chi connectivity index (χ4n) is 3.49. The average Bonchev–Trinajstić information content (AvgIpc) is 3.20. The maximum absolute atomic E-state index is 13.3. The van der Waals surface area contributed by atoms with Crippen LogP contribution < -0.4 is 10.1 Å². The second kappa shape index (κ2) is 8.38. The van der Waals surface area contributed by atoms with Gasteiger partial charge in [0, 0.05) is 42.2 Å². The summed E-state index contributed by atoms with van der Waals surface area (Å²) in [6.07, 6.45) is 6.03. The molecule has 2 heterocycles. The summed E-state index contributed by atoms with van der Waals surface area (Å²) in [5, 5.41) is 9.95. The zero-order valence-corrected chi connectivity index (χ0v) is 15.6. The van der Waals surface area contributed by atoms with Gasteiger partial charge in [-0.25, -0.2) is 8.78 Å². The minimum absolute atomic E-state index is 0.0132. The van der Waals surface area contributed by atoms with Crippen molar-refractivity contribution in [2.24, 2.45) is 0 Å². The first-order chi connectivity index (χ1) is 14.1. The van der Waals surface area contributed by atoms with Crippen LogP contribution >= 0.6 is 0 Å². The van der Waals surface area contributed by atoms with E-state index in [9.17, 15) is 13.6 Å². The molecule has 0 saturated heterocycles. The summed E-state index contributed by atoms with van der Waals surface area (Å²) in [5.41, 5.74) is 1.95. The zero-order valence-electron chi connectivity index (χ0n) is 15.6. The molecule has 0 atom stereocenters. The van der Waals surface area contributed by atoms with Crippen molar-refractivity contribution in [3.05, 3.63) is 66.1 Å². The second-order valence-electron chi connectivity index (χ2n) is 7.07. The lowest BCUT2D eigenvalue weighted by Gasteiger charge is -2.29. The Morgan fingerprint density at radius 3 is 2.41 bits per heavy atom. The van der Waals surface area contributed by atoms with E-state index in [0.29, 0.717) is 24.2 Å². The van der Waals surface area contributed by atoms with E-state index in [1.165, 1.54) is 12.1 Å². The number of halogens is 2. The van der Waals surface area contributed by atoms with Crippen molar-refractivity contribution in [1.82, 2.24) is 20.5 Å². The normalized spacial score (nSPS) is 19.0. The number of hydrogen-bond acceptors (Lipinski definition) is 4. The van der Waals surface area contributed by atoms with Crippen LogP contribution in [0, 0.1) is 11.6 Å². The highest BCUT2D eigenvalue weighted by Gasteiger charge is 2.25. The molecule has 4 rings (SSSR count). The van der Waals surface area contributed by atoms with E-state index in [0.717, 1.165) is 24.5 Å². The summed E-state index contributed by atoms with van der Waals surface area (Å²) in [6, 6.07) is 8.53. The number of carbonyl (C=O) groups excluding carboxylic acids is 1. The van der Waals surface area contributed by atoms with Crippen molar-refractivity contribution < 1.29 is 18.3 Å². The molecule has 1 saturated carbocycles. The van der Waals surface area contributed by atoms with Gasteiger partial charge in [0.2, 0.25) is 0 Å². The van der Waals surface area contributed by atoms with Gasteiger partial charge < -0.3 is 10.1 Å². The molecule has 29 heavy (non-hydrogen) atoms. The number of ether oxygens (including phenoxy) is 1. The van der Waals surface area contributed by atoms with Gasteiger partial charge in [0.05, 0.1) is 11.8 Å². The first kappa shape index (κ1) is 19.0. The second-order valence-corrected chi connectivity index (χ2v) is 7.07. The van der Waals surface area contributed by atoms with Gasteiger partial charge in [-0.2, -0.15) is 5.10 Å². The Balaban J connectivity index is 1.29. The number of nitrogens with zero attached hydrogens (tertiary/aromatic N) is 2. The summed E-state index contributed by atoms with van der Waals surface area (Å²) in [6.45, 7) is 0. The number of amides is 1. The summed E-state index contributed by atoms with van der Waals surface area (Å²) >= 11 is 0. The number of nitrogens with one attached hydrogen (secondary N) is 2. The SMILES string of the molecule is O=C(NC1CCC(Oc2cc(F)cc(F)c2)CC1)c1cc(-c2ccncc2)n[nH]1. The van der Waals surface area contributed by atoms with E-state index in [4.69, 9.17) is 4.74 Å². The number of aromatic amines is 1. The molecule has 1 aliphatic carbocycles. The molecular formula is C21H20F2N4O2. The van der Waals surface area contributed by atoms with Crippen molar-refractivity contribution in [3.8, 4) is 17.0 Å². The Morgan fingerprint density at radius 1 is 1.03 bits per heavy atom. The van der Waals surface area contributed by atoms with E-state index < -0.39 is 11.6 Å². The van der Waals surface area contributed by atoms with Crippen LogP contribution in [0.25, 0.3) is 11.3 Å². The molecule has 0 radical (unpaired) electrons. The molecule has 0 spiro atoms. The fraction of sp³-hybridized carbons (Fsp3) is 0.286. The molecule has 3 aromatic rings. The lowest BCUT2D eigenvalue weighted by molar-refractivity contribution is 0.0888. The first-order valence-electron chi connectivity index (χ1n) is 9.46. The fourth-order valence-corrected chi connectivity index (χ4v) is 3.49. The van der Waals surface area contributed by atoms with Crippen LogP contribution in [0.4, 0.5) is 8.78 Å². The molecule has 2 N–H and O–H groups in total. The van der Waals surface area contributed by atoms with E-state index in [1.807, 2.05) is 12.1 Å². The number of rotatable bonds is 5. The van der Waals surface area contributed by atoms with Gasteiger partial charge >= 0.3 is 0 Å². The standard InChI is InChI=1S/C21H20F2N4O2/c22-14-9-15(23)11-18(10-14)29-17-3-1-16(2-4-17)25-21(28)20-12-19(26-27-20)13-5-7-24-8-6-13/h5-12,16-17H,1-4H2,(H,25,28)(H,26,27). The number of hydrogen-bond donors (Lipinski definition) is 2. The third-order valence-electron chi connectivity index (χ3n) is 4.95. The summed E-state index contributed by atoms with van der Waals surface area (Å²) in [5.74, 6) is -1.34. The van der Waals surface area contributed by atoms with E-state index >= 15 is 0 Å². The minimum Gasteiger partial charge on any atom is -0.490 e. The maximum Gasteiger partial charge on any atom is 0.269 e. The van der Waals surface area contributed by atoms with Gasteiger partial charge in [-0.3, -0.25) is 14.9 Å². The number of pyridine rings is 1. The van der Waals surface area contributed by atoms with E-state index in [1.54, 1.807) is 18.5 Å². The predicted octanol–water partition coefficient (Wildman–Crippen LogP) is 3.87. The molecule has 1 aliphatic rings. The molecular weight excluding hydrogens is 378 g/mol. The molecule has 6 nitrogen and oxygen atoms in total. The van der Waals surface area contributed by atoms with Crippen LogP contribution in [0.1, 0.15) is 36.2 Å². The first-order valence-corrected chi connectivity index (χ1v) is 9.46. The Bertz CT molecular complexity index is 965. The highest BCUT2D eigenvalue weighted by atomic mass is 19.1. The molecule has 1 amide bonds. The lowest BCUT2D eigenvalue weighted by Crippen LogP contribution is -2.39. The highest BCUT2D eigenvalue weighted by molar-refractivity contribution is 5.93. The smallest absolute Gasteiger partial charge is 0.269 e. The molecule has 2 aromatic heterocycles. The Labute approximate surface area is 166 Å². The Kier molecular flexibility index (Phi) is 5.50. The summed E-state index contributed by atoms with van der Waals surface area (Å²) < 4.78 is 32.3. The molecule has 1 aromatic carbocycles. The van der Waals surface area contributed by atoms with Crippen LogP contribution in [-0.4, -0.2) is 33.2 Å². The molecule has 1 fully saturated rings. The van der Waals surface area contributed by atoms with Crippen LogP contribution in [0.15, 0.2) is 48.8 Å². The van der Waals surface area contributed by atoms with Crippen molar-refractivity contribution in [3.63, 3.8) is 0 Å². The minimum atomic E-state index is -0.661. The van der Waals surface area contributed by atoms with Gasteiger partial charge in [0.25, 0.3) is 5.91 Å². The quantitative estimate of drug-likeness (QED) is 0.684. The van der Waals surface area contributed by atoms with Crippen LogP contribution in [-0.2, 0) is 0 Å². The van der Waals surface area contributed by atoms with Crippen molar-refractivity contribution in [2.75, 3.05) is 0 Å². The predicted molar refractivity (Wildman–Crippen MR) is 102 cm³/mol. The Hall–Kier alpha value is -3.29. The topological polar surface area (TPSA) is 79.9 Å². The largest absolute Gasteiger partial charge is 0.490 e. The molecule has 0 unspecified atom stereocenters. The maximum atomic E-state index is 13.3. The highest BCUT2D eigenvalue weighted by Crippen LogP contribution is 2.25. The zero-order chi connectivity index (χ0) is 20.2. The number of aromatic nitrogens is 3. The molecule has 0 aliphatic heterocycles. The third-order valence-corrected chi connectivity index (χ3v) is 4.95. The molecule has 150 valence electrons. The van der Waals surface area contributed by atoms with E-state index in [-0.39, 0.29) is 23.8 Å². The summed E-state index contributed by atoms with van der Waals surface area (Å²) in [7, 11) is 0. The Morgan fingerprint density at radius 2 is 1.72 bits per heavy atom. The van der Waals surface area contributed by atoms with E-state index in [2.05, 4.69) is 20.5 Å². The van der Waals surface area contributed by atoms with Crippen molar-refractivity contribution in [1.29, 1.82) is 0 Å². The van der Waals surface area contributed by atoms with Crippen molar-refractivity contribution in [2.45, 2.75) is 37.8 Å². The summed E-state index contributed by atoms with van der Waals surface area (Å²) in [4.78, 5) is 16.5. The van der Waals surface area contributed by atoms with Gasteiger partial charge in [-0.1, -0.05) is 0 Å². The van der Waals surface area contributed by atoms with Gasteiger partial charge in [-0.05, 0) is 43.9 Å². The molecule has 8 heteroatoms. The van der Waals surface area contributed by atoms with Crippen LogP contribution in [0.2, 0.25) is 0 Å². The van der Waals surface area contributed by atoms with Crippen LogP contribution in [0.3, 0.4) is 0 Å². The van der Waals surface area contributed by atoms with Gasteiger partial charge in [-0.15, -0.1) is 0 Å². The lowest BCUT2D eigenvalue weighted by atomic mass is 9.93. The number of H-pyrrole nitrogens is 1. The van der Waals surface area contributed by atoms with Gasteiger partial charge in [0.1, 0.15) is 23.1 Å². The number of benzene rings is 1. The third kappa shape index (κ3) is 4.77. The molecule has 0 bridgehead atoms. The van der Waals surface area contributed by atoms with Crippen LogP contribution in [0.5, 0.6) is 5.75 Å². The van der Waals surface area contributed by atoms with Crippen molar-refractivity contribution >= 4 is 5.91 Å². The average molecular weight is 398 g/mol. The van der Waals surface area contributed by atoms with Gasteiger partial charge in [0.15, 0.2) is 0 Å².